The van der Waals surface area contributed by atoms with Gasteiger partial charge in [0.05, 0.1) is 5.56 Å². The van der Waals surface area contributed by atoms with Crippen molar-refractivity contribution in [3.8, 4) is 0 Å². The number of carbonyl (C=O) groups is 2. The van der Waals surface area contributed by atoms with E-state index < -0.39 is 5.97 Å². The van der Waals surface area contributed by atoms with E-state index in [-0.39, 0.29) is 11.6 Å². The number of carboxylic acids is 1. The number of nitrogens with one attached hydrogen (secondary N) is 2. The van der Waals surface area contributed by atoms with Gasteiger partial charge in [-0.05, 0) is 30.3 Å². The normalized spacial score (nSPS) is 13.0. The fourth-order valence-electron chi connectivity index (χ4n) is 1.54. The molecule has 2 amide bonds. The number of carboxylic acid groups (broad SMARTS) is 1. The Balaban J connectivity index is 1.92. The molecule has 0 heterocycles. The zero-order valence-electron chi connectivity index (χ0n) is 9.51. The summed E-state index contributed by atoms with van der Waals surface area (Å²) < 4.78 is 0. The first-order chi connectivity index (χ1) is 8.65. The molecule has 0 radical (unpaired) electrons. The molecule has 0 unspecified atom stereocenters. The molecule has 0 saturated heterocycles. The third kappa shape index (κ3) is 2.98. The molecular formula is C13H12N2O3. The molecule has 2 rings (SSSR count). The van der Waals surface area contributed by atoms with Crippen LogP contribution < -0.4 is 10.6 Å². The molecule has 18 heavy (non-hydrogen) atoms. The van der Waals surface area contributed by atoms with E-state index >= 15 is 0 Å². The lowest BCUT2D eigenvalue weighted by molar-refractivity contribution is 0.0697. The zero-order valence-corrected chi connectivity index (χ0v) is 9.51. The highest BCUT2D eigenvalue weighted by Crippen LogP contribution is 2.11. The summed E-state index contributed by atoms with van der Waals surface area (Å²) in [5.41, 5.74) is 1.56. The van der Waals surface area contributed by atoms with E-state index in [2.05, 4.69) is 10.6 Å². The Morgan fingerprint density at radius 3 is 2.39 bits per heavy atom. The van der Waals surface area contributed by atoms with E-state index in [1.54, 1.807) is 12.1 Å². The Bertz CT molecular complexity index is 530. The maximum absolute atomic E-state index is 11.6. The number of hydrogen-bond donors (Lipinski definition) is 3. The number of aromatic carboxylic acids is 1. The van der Waals surface area contributed by atoms with E-state index in [9.17, 15) is 9.59 Å². The molecule has 1 aliphatic carbocycles. The molecule has 3 N–H and O–H groups in total. The van der Waals surface area contributed by atoms with E-state index in [1.807, 2.05) is 18.2 Å². The SMILES string of the molecule is O=C(NC1=CC=CC1)Nc1ccc(C(=O)O)cc1. The molecule has 5 heteroatoms. The molecule has 0 bridgehead atoms. The quantitative estimate of drug-likeness (QED) is 0.763. The fraction of sp³-hybridized carbons (Fsp3) is 0.0769. The standard InChI is InChI=1S/C13H12N2O3/c16-12(17)9-5-7-11(8-6-9)15-13(18)14-10-3-1-2-4-10/h1-3,5-8H,4H2,(H,16,17)(H2,14,15,18). The third-order valence-electron chi connectivity index (χ3n) is 2.44. The van der Waals surface area contributed by atoms with Crippen LogP contribution in [0.4, 0.5) is 10.5 Å². The highest BCUT2D eigenvalue weighted by Gasteiger charge is 2.06. The van der Waals surface area contributed by atoms with E-state index in [0.717, 1.165) is 5.70 Å². The maximum atomic E-state index is 11.6. The van der Waals surface area contributed by atoms with Crippen LogP contribution in [-0.2, 0) is 0 Å². The maximum Gasteiger partial charge on any atom is 0.335 e. The molecule has 1 aromatic rings. The summed E-state index contributed by atoms with van der Waals surface area (Å²) in [6.07, 6.45) is 6.35. The van der Waals surface area contributed by atoms with Gasteiger partial charge >= 0.3 is 12.0 Å². The van der Waals surface area contributed by atoms with E-state index in [4.69, 9.17) is 5.11 Å². The van der Waals surface area contributed by atoms with Gasteiger partial charge in [-0.2, -0.15) is 0 Å². The van der Waals surface area contributed by atoms with Crippen molar-refractivity contribution < 1.29 is 14.7 Å². The number of rotatable bonds is 3. The monoisotopic (exact) mass is 244 g/mol. The van der Waals surface area contributed by atoms with Crippen molar-refractivity contribution in [2.45, 2.75) is 6.42 Å². The van der Waals surface area contributed by atoms with Gasteiger partial charge in [-0.3, -0.25) is 0 Å². The van der Waals surface area contributed by atoms with Crippen molar-refractivity contribution in [3.05, 3.63) is 53.8 Å². The molecule has 1 aromatic carbocycles. The third-order valence-corrected chi connectivity index (χ3v) is 2.44. The molecule has 0 saturated carbocycles. The van der Waals surface area contributed by atoms with Crippen LogP contribution in [0.5, 0.6) is 0 Å². The van der Waals surface area contributed by atoms with Gasteiger partial charge in [0.15, 0.2) is 0 Å². The first-order valence-corrected chi connectivity index (χ1v) is 5.42. The minimum Gasteiger partial charge on any atom is -0.478 e. The van der Waals surface area contributed by atoms with Crippen molar-refractivity contribution in [1.29, 1.82) is 0 Å². The molecule has 0 atom stereocenters. The van der Waals surface area contributed by atoms with Crippen LogP contribution >= 0.6 is 0 Å². The Labute approximate surface area is 104 Å². The van der Waals surface area contributed by atoms with Crippen molar-refractivity contribution >= 4 is 17.7 Å². The van der Waals surface area contributed by atoms with Crippen LogP contribution in [0.2, 0.25) is 0 Å². The Morgan fingerprint density at radius 1 is 1.11 bits per heavy atom. The van der Waals surface area contributed by atoms with Crippen LogP contribution in [0.3, 0.4) is 0 Å². The predicted molar refractivity (Wildman–Crippen MR) is 67.4 cm³/mol. The summed E-state index contributed by atoms with van der Waals surface area (Å²) in [5.74, 6) is -0.992. The van der Waals surface area contributed by atoms with Crippen molar-refractivity contribution in [2.75, 3.05) is 5.32 Å². The molecule has 0 aromatic heterocycles. The Morgan fingerprint density at radius 2 is 1.83 bits per heavy atom. The summed E-state index contributed by atoms with van der Waals surface area (Å²) >= 11 is 0. The van der Waals surface area contributed by atoms with E-state index in [1.165, 1.54) is 12.1 Å². The molecular weight excluding hydrogens is 232 g/mol. The lowest BCUT2D eigenvalue weighted by Crippen LogP contribution is -2.27. The summed E-state index contributed by atoms with van der Waals surface area (Å²) in [6, 6.07) is 5.63. The topological polar surface area (TPSA) is 78.4 Å². The summed E-state index contributed by atoms with van der Waals surface area (Å²) in [6.45, 7) is 0. The number of urea groups is 1. The summed E-state index contributed by atoms with van der Waals surface area (Å²) in [4.78, 5) is 22.2. The average molecular weight is 244 g/mol. The van der Waals surface area contributed by atoms with Crippen LogP contribution in [0, 0.1) is 0 Å². The first kappa shape index (κ1) is 11.9. The minimum atomic E-state index is -0.992. The fourth-order valence-corrected chi connectivity index (χ4v) is 1.54. The summed E-state index contributed by atoms with van der Waals surface area (Å²) in [7, 11) is 0. The van der Waals surface area contributed by atoms with Crippen LogP contribution in [-0.4, -0.2) is 17.1 Å². The minimum absolute atomic E-state index is 0.184. The zero-order chi connectivity index (χ0) is 13.0. The molecule has 1 aliphatic rings. The van der Waals surface area contributed by atoms with Gasteiger partial charge in [0, 0.05) is 17.8 Å². The van der Waals surface area contributed by atoms with Crippen LogP contribution in [0.1, 0.15) is 16.8 Å². The van der Waals surface area contributed by atoms with Gasteiger partial charge in [-0.15, -0.1) is 0 Å². The average Bonchev–Trinajstić information content (AvgIpc) is 2.82. The van der Waals surface area contributed by atoms with Crippen molar-refractivity contribution in [3.63, 3.8) is 0 Å². The number of benzene rings is 1. The number of anilines is 1. The summed E-state index contributed by atoms with van der Waals surface area (Å²) in [5, 5.41) is 14.1. The van der Waals surface area contributed by atoms with Crippen LogP contribution in [0.15, 0.2) is 48.2 Å². The highest BCUT2D eigenvalue weighted by atomic mass is 16.4. The number of carbonyl (C=O) groups excluding carboxylic acids is 1. The second-order valence-corrected chi connectivity index (χ2v) is 3.79. The Kier molecular flexibility index (Phi) is 3.43. The van der Waals surface area contributed by atoms with Gasteiger partial charge in [-0.1, -0.05) is 12.2 Å². The predicted octanol–water partition coefficient (Wildman–Crippen LogP) is 2.35. The second kappa shape index (κ2) is 5.18. The number of amides is 2. The van der Waals surface area contributed by atoms with Crippen molar-refractivity contribution in [1.82, 2.24) is 5.32 Å². The molecule has 92 valence electrons. The lowest BCUT2D eigenvalue weighted by atomic mass is 10.2. The largest absolute Gasteiger partial charge is 0.478 e. The number of allylic oxidation sites excluding steroid dienone is 3. The lowest BCUT2D eigenvalue weighted by Gasteiger charge is -2.08. The number of hydrogen-bond acceptors (Lipinski definition) is 2. The van der Waals surface area contributed by atoms with Crippen LogP contribution in [0.25, 0.3) is 0 Å². The van der Waals surface area contributed by atoms with Gasteiger partial charge in [0.1, 0.15) is 0 Å². The molecule has 5 nitrogen and oxygen atoms in total. The van der Waals surface area contributed by atoms with E-state index in [0.29, 0.717) is 12.1 Å². The molecule has 0 aliphatic heterocycles. The first-order valence-electron chi connectivity index (χ1n) is 5.42. The highest BCUT2D eigenvalue weighted by molar-refractivity contribution is 5.92. The van der Waals surface area contributed by atoms with Gasteiger partial charge in [0.2, 0.25) is 0 Å². The van der Waals surface area contributed by atoms with Gasteiger partial charge in [-0.25, -0.2) is 9.59 Å². The Hall–Kier alpha value is -2.56. The smallest absolute Gasteiger partial charge is 0.335 e. The van der Waals surface area contributed by atoms with Crippen molar-refractivity contribution in [2.24, 2.45) is 0 Å². The molecule has 0 fully saturated rings. The molecule has 0 spiro atoms. The van der Waals surface area contributed by atoms with Gasteiger partial charge in [0.25, 0.3) is 0 Å². The van der Waals surface area contributed by atoms with Gasteiger partial charge < -0.3 is 15.7 Å². The second-order valence-electron chi connectivity index (χ2n) is 3.79.